The highest BCUT2D eigenvalue weighted by molar-refractivity contribution is 6.30. The van der Waals surface area contributed by atoms with E-state index in [0.717, 1.165) is 16.6 Å². The molecule has 3 heterocycles. The van der Waals surface area contributed by atoms with Crippen molar-refractivity contribution in [1.82, 2.24) is 25.1 Å². The van der Waals surface area contributed by atoms with Gasteiger partial charge in [-0.1, -0.05) is 23.7 Å². The summed E-state index contributed by atoms with van der Waals surface area (Å²) in [6.45, 7) is 1.54. The Balaban J connectivity index is 1.16. The number of amides is 2. The van der Waals surface area contributed by atoms with Crippen molar-refractivity contribution in [3.8, 4) is 0 Å². The molecule has 184 valence electrons. The van der Waals surface area contributed by atoms with E-state index >= 15 is 0 Å². The van der Waals surface area contributed by atoms with Gasteiger partial charge in [-0.25, -0.2) is 19.0 Å². The molecule has 1 unspecified atom stereocenters. The Hall–Kier alpha value is -4.05. The van der Waals surface area contributed by atoms with Crippen LogP contribution in [0.25, 0.3) is 11.0 Å². The molecule has 0 aliphatic carbocycles. The molecule has 0 bridgehead atoms. The number of rotatable bonds is 8. The van der Waals surface area contributed by atoms with Crippen LogP contribution in [0.3, 0.4) is 0 Å². The van der Waals surface area contributed by atoms with Crippen molar-refractivity contribution in [3.63, 3.8) is 0 Å². The van der Waals surface area contributed by atoms with Gasteiger partial charge in [0.05, 0.1) is 24.0 Å². The normalized spacial score (nSPS) is 15.4. The third kappa shape index (κ3) is 5.13. The fourth-order valence-electron chi connectivity index (χ4n) is 4.17. The Morgan fingerprint density at radius 3 is 2.67 bits per heavy atom. The Bertz CT molecular complexity index is 1390. The third-order valence-electron chi connectivity index (χ3n) is 6.06. The lowest BCUT2D eigenvalue weighted by Crippen LogP contribution is -2.35. The first-order valence-corrected chi connectivity index (χ1v) is 11.8. The largest absolute Gasteiger partial charge is 0.365 e. The summed E-state index contributed by atoms with van der Waals surface area (Å²) in [6, 6.07) is 13.2. The maximum absolute atomic E-state index is 13.1. The number of fused-ring (bicyclic) bond motifs is 1. The molecular weight excluding hydrogens is 485 g/mol. The van der Waals surface area contributed by atoms with Gasteiger partial charge >= 0.3 is 0 Å². The van der Waals surface area contributed by atoms with Crippen LogP contribution in [0.1, 0.15) is 12.0 Å². The molecule has 4 aromatic rings. The van der Waals surface area contributed by atoms with E-state index in [1.807, 2.05) is 0 Å². The van der Waals surface area contributed by atoms with E-state index in [9.17, 15) is 14.0 Å². The zero-order chi connectivity index (χ0) is 25.1. The minimum Gasteiger partial charge on any atom is -0.365 e. The summed E-state index contributed by atoms with van der Waals surface area (Å²) < 4.78 is 14.8. The molecule has 1 fully saturated rings. The molecule has 2 N–H and O–H groups in total. The molecule has 0 spiro atoms. The van der Waals surface area contributed by atoms with Crippen LogP contribution in [0.15, 0.2) is 61.1 Å². The van der Waals surface area contributed by atoms with Crippen molar-refractivity contribution in [3.05, 3.63) is 77.5 Å². The second kappa shape index (κ2) is 10.3. The molecule has 11 heteroatoms. The van der Waals surface area contributed by atoms with Crippen molar-refractivity contribution in [2.45, 2.75) is 19.5 Å². The minimum absolute atomic E-state index is 0.0899. The topological polar surface area (TPSA) is 105 Å². The van der Waals surface area contributed by atoms with Crippen LogP contribution >= 0.6 is 11.6 Å². The van der Waals surface area contributed by atoms with Crippen LogP contribution in [0.2, 0.25) is 5.02 Å². The Morgan fingerprint density at radius 2 is 1.89 bits per heavy atom. The van der Waals surface area contributed by atoms with Crippen molar-refractivity contribution in [1.29, 1.82) is 0 Å². The molecule has 0 radical (unpaired) electrons. The summed E-state index contributed by atoms with van der Waals surface area (Å²) in [7, 11) is 0. The molecule has 2 amide bonds. The van der Waals surface area contributed by atoms with Gasteiger partial charge in [0, 0.05) is 36.8 Å². The minimum atomic E-state index is -0.424. The van der Waals surface area contributed by atoms with E-state index in [1.165, 1.54) is 18.5 Å². The van der Waals surface area contributed by atoms with Crippen molar-refractivity contribution in [2.75, 3.05) is 23.3 Å². The highest BCUT2D eigenvalue weighted by Gasteiger charge is 2.34. The number of halogens is 2. The zero-order valence-corrected chi connectivity index (χ0v) is 20.0. The van der Waals surface area contributed by atoms with Crippen LogP contribution < -0.4 is 15.5 Å². The summed E-state index contributed by atoms with van der Waals surface area (Å²) in [5.41, 5.74) is 2.27. The van der Waals surface area contributed by atoms with E-state index in [4.69, 9.17) is 11.6 Å². The van der Waals surface area contributed by atoms with Crippen LogP contribution in [0, 0.1) is 11.7 Å². The average molecular weight is 508 g/mol. The van der Waals surface area contributed by atoms with Crippen molar-refractivity contribution < 1.29 is 14.0 Å². The fraction of sp³-hybridized carbons (Fsp3) is 0.240. The Labute approximate surface area is 211 Å². The SMILES string of the molecule is O=C(NCCn1ncc2c(NCc3ccc(F)cc3)ncnc21)C1CC(=O)N(c2ccc(Cl)cc2)C1. The summed E-state index contributed by atoms with van der Waals surface area (Å²) in [5.74, 6) is -0.353. The molecule has 9 nitrogen and oxygen atoms in total. The number of carbonyl (C=O) groups excluding carboxylic acids is 2. The molecule has 2 aromatic heterocycles. The zero-order valence-electron chi connectivity index (χ0n) is 19.2. The number of hydrogen-bond acceptors (Lipinski definition) is 6. The number of carbonyl (C=O) groups is 2. The van der Waals surface area contributed by atoms with E-state index in [2.05, 4.69) is 25.7 Å². The van der Waals surface area contributed by atoms with Crippen LogP contribution in [0.5, 0.6) is 0 Å². The molecule has 1 aliphatic heterocycles. The highest BCUT2D eigenvalue weighted by atomic mass is 35.5. The first-order chi connectivity index (χ1) is 17.5. The van der Waals surface area contributed by atoms with Crippen LogP contribution in [-0.4, -0.2) is 44.7 Å². The highest BCUT2D eigenvalue weighted by Crippen LogP contribution is 2.26. The van der Waals surface area contributed by atoms with Crippen LogP contribution in [0.4, 0.5) is 15.9 Å². The molecule has 36 heavy (non-hydrogen) atoms. The van der Waals surface area contributed by atoms with Gasteiger partial charge in [-0.15, -0.1) is 0 Å². The Kier molecular flexibility index (Phi) is 6.77. The van der Waals surface area contributed by atoms with Gasteiger partial charge in [0.25, 0.3) is 0 Å². The molecule has 0 saturated carbocycles. The smallest absolute Gasteiger partial charge is 0.227 e. The summed E-state index contributed by atoms with van der Waals surface area (Å²) in [4.78, 5) is 35.4. The predicted octanol–water partition coefficient (Wildman–Crippen LogP) is 3.40. The monoisotopic (exact) mass is 507 g/mol. The second-order valence-electron chi connectivity index (χ2n) is 8.48. The molecule has 1 atom stereocenters. The fourth-order valence-corrected chi connectivity index (χ4v) is 4.29. The van der Waals surface area contributed by atoms with Gasteiger partial charge in [0.1, 0.15) is 18.0 Å². The van der Waals surface area contributed by atoms with E-state index in [-0.39, 0.29) is 24.1 Å². The first-order valence-electron chi connectivity index (χ1n) is 11.5. The molecule has 1 saturated heterocycles. The number of nitrogens with one attached hydrogen (secondary N) is 2. The molecule has 5 rings (SSSR count). The van der Waals surface area contributed by atoms with Crippen molar-refractivity contribution >= 4 is 46.0 Å². The molecule has 2 aromatic carbocycles. The first kappa shape index (κ1) is 23.7. The number of nitrogens with zero attached hydrogens (tertiary/aromatic N) is 5. The summed E-state index contributed by atoms with van der Waals surface area (Å²) in [5, 5.41) is 11.9. The van der Waals surface area contributed by atoms with Gasteiger partial charge in [0.15, 0.2) is 5.65 Å². The third-order valence-corrected chi connectivity index (χ3v) is 6.32. The second-order valence-corrected chi connectivity index (χ2v) is 8.92. The summed E-state index contributed by atoms with van der Waals surface area (Å²) in [6.07, 6.45) is 3.28. The van der Waals surface area contributed by atoms with E-state index in [0.29, 0.717) is 42.7 Å². The number of anilines is 2. The maximum Gasteiger partial charge on any atom is 0.227 e. The average Bonchev–Trinajstić information content (AvgIpc) is 3.48. The lowest BCUT2D eigenvalue weighted by molar-refractivity contribution is -0.126. The van der Waals surface area contributed by atoms with E-state index < -0.39 is 5.92 Å². The van der Waals surface area contributed by atoms with Gasteiger partial charge < -0.3 is 15.5 Å². The lowest BCUT2D eigenvalue weighted by atomic mass is 10.1. The van der Waals surface area contributed by atoms with E-state index in [1.54, 1.807) is 52.2 Å². The number of aromatic nitrogens is 4. The van der Waals surface area contributed by atoms with Gasteiger partial charge in [-0.3, -0.25) is 9.59 Å². The molecule has 1 aliphatic rings. The number of hydrogen-bond donors (Lipinski definition) is 2. The quantitative estimate of drug-likeness (QED) is 0.379. The standard InChI is InChI=1S/C25H23ClFN7O2/c26-18-3-7-20(8-4-18)33-14-17(11-22(33)35)25(36)28-9-10-34-24-21(13-32-34)23(30-15-31-24)29-12-16-1-5-19(27)6-2-16/h1-8,13,15,17H,9-12,14H2,(H,28,36)(H,29,30,31). The van der Waals surface area contributed by atoms with Gasteiger partial charge in [-0.05, 0) is 42.0 Å². The number of benzene rings is 2. The predicted molar refractivity (Wildman–Crippen MR) is 134 cm³/mol. The molecular formula is C25H23ClFN7O2. The van der Waals surface area contributed by atoms with Crippen molar-refractivity contribution in [2.24, 2.45) is 5.92 Å². The van der Waals surface area contributed by atoms with Crippen LogP contribution in [-0.2, 0) is 22.7 Å². The maximum atomic E-state index is 13.1. The van der Waals surface area contributed by atoms with Gasteiger partial charge in [0.2, 0.25) is 11.8 Å². The Morgan fingerprint density at radius 1 is 1.11 bits per heavy atom. The lowest BCUT2D eigenvalue weighted by Gasteiger charge is -2.16. The summed E-state index contributed by atoms with van der Waals surface area (Å²) >= 11 is 5.93. The van der Waals surface area contributed by atoms with Gasteiger partial charge in [-0.2, -0.15) is 5.10 Å².